The summed E-state index contributed by atoms with van der Waals surface area (Å²) in [5.74, 6) is 0. The third-order valence-corrected chi connectivity index (χ3v) is 3.59. The summed E-state index contributed by atoms with van der Waals surface area (Å²) in [5, 5.41) is 0. The zero-order chi connectivity index (χ0) is 12.3. The second kappa shape index (κ2) is 5.19. The van der Waals surface area contributed by atoms with Crippen LogP contribution in [0.1, 0.15) is 25.8 Å². The predicted molar refractivity (Wildman–Crippen MR) is 73.0 cm³/mol. The summed E-state index contributed by atoms with van der Waals surface area (Å²) in [4.78, 5) is 2.51. The summed E-state index contributed by atoms with van der Waals surface area (Å²) in [6, 6.07) is 10.8. The fourth-order valence-corrected chi connectivity index (χ4v) is 2.69. The van der Waals surface area contributed by atoms with Crippen LogP contribution in [0.25, 0.3) is 0 Å². The first-order valence-electron chi connectivity index (χ1n) is 6.57. The fourth-order valence-electron chi connectivity index (χ4n) is 2.69. The number of hydrogen-bond acceptors (Lipinski definition) is 2. The summed E-state index contributed by atoms with van der Waals surface area (Å²) in [6.45, 7) is 8.11. The predicted octanol–water partition coefficient (Wildman–Crippen LogP) is 2.29. The van der Waals surface area contributed by atoms with Gasteiger partial charge in [-0.25, -0.2) is 0 Å². The van der Waals surface area contributed by atoms with Crippen LogP contribution in [0.15, 0.2) is 30.3 Å². The number of benzene rings is 1. The van der Waals surface area contributed by atoms with Gasteiger partial charge in [-0.05, 0) is 30.4 Å². The molecule has 94 valence electrons. The van der Waals surface area contributed by atoms with E-state index in [9.17, 15) is 0 Å². The van der Waals surface area contributed by atoms with Crippen molar-refractivity contribution in [1.29, 1.82) is 0 Å². The van der Waals surface area contributed by atoms with Crippen molar-refractivity contribution in [2.75, 3.05) is 19.6 Å². The van der Waals surface area contributed by atoms with Gasteiger partial charge >= 0.3 is 0 Å². The molecule has 2 nitrogen and oxygen atoms in total. The van der Waals surface area contributed by atoms with Crippen LogP contribution in [0.2, 0.25) is 0 Å². The molecule has 1 aliphatic heterocycles. The highest BCUT2D eigenvalue weighted by Gasteiger charge is 2.29. The highest BCUT2D eigenvalue weighted by atomic mass is 15.2. The molecule has 0 unspecified atom stereocenters. The second-order valence-corrected chi connectivity index (χ2v) is 6.10. The summed E-state index contributed by atoms with van der Waals surface area (Å²) in [5.41, 5.74) is 8.06. The van der Waals surface area contributed by atoms with Gasteiger partial charge in [0.15, 0.2) is 0 Å². The van der Waals surface area contributed by atoms with Gasteiger partial charge in [-0.3, -0.25) is 0 Å². The van der Waals surface area contributed by atoms with Crippen LogP contribution in [0.5, 0.6) is 0 Å². The van der Waals surface area contributed by atoms with E-state index in [-0.39, 0.29) is 6.04 Å². The van der Waals surface area contributed by atoms with Gasteiger partial charge in [-0.15, -0.1) is 0 Å². The molecular formula is C15H24N2. The lowest BCUT2D eigenvalue weighted by Gasteiger charge is -2.23. The lowest BCUT2D eigenvalue weighted by Crippen LogP contribution is -2.38. The van der Waals surface area contributed by atoms with Crippen molar-refractivity contribution < 1.29 is 0 Å². The Balaban J connectivity index is 1.80. The lowest BCUT2D eigenvalue weighted by molar-refractivity contribution is 0.274. The number of rotatable bonds is 4. The van der Waals surface area contributed by atoms with Crippen LogP contribution in [-0.2, 0) is 6.42 Å². The van der Waals surface area contributed by atoms with Crippen LogP contribution in [-0.4, -0.2) is 30.6 Å². The van der Waals surface area contributed by atoms with E-state index < -0.39 is 0 Å². The number of nitrogens with zero attached hydrogens (tertiary/aromatic N) is 1. The van der Waals surface area contributed by atoms with Crippen LogP contribution < -0.4 is 5.73 Å². The second-order valence-electron chi connectivity index (χ2n) is 6.10. The topological polar surface area (TPSA) is 29.3 Å². The Hall–Kier alpha value is -0.860. The summed E-state index contributed by atoms with van der Waals surface area (Å²) >= 11 is 0. The standard InChI is InChI=1S/C15H24N2/c1-15(2)8-9-17(12-15)11-14(16)10-13-6-4-3-5-7-13/h3-7,14H,8-12,16H2,1-2H3/t14-/m0/s1. The van der Waals surface area contributed by atoms with Crippen molar-refractivity contribution in [1.82, 2.24) is 4.90 Å². The van der Waals surface area contributed by atoms with E-state index in [4.69, 9.17) is 5.73 Å². The highest BCUT2D eigenvalue weighted by Crippen LogP contribution is 2.28. The van der Waals surface area contributed by atoms with E-state index in [1.54, 1.807) is 0 Å². The van der Waals surface area contributed by atoms with E-state index in [1.807, 2.05) is 0 Å². The molecule has 0 spiro atoms. The van der Waals surface area contributed by atoms with Gasteiger partial charge in [0.05, 0.1) is 0 Å². The zero-order valence-electron chi connectivity index (χ0n) is 11.0. The molecule has 2 heteroatoms. The minimum atomic E-state index is 0.256. The average Bonchev–Trinajstić information content (AvgIpc) is 2.59. The molecule has 0 aromatic heterocycles. The highest BCUT2D eigenvalue weighted by molar-refractivity contribution is 5.15. The number of nitrogens with two attached hydrogens (primary N) is 1. The van der Waals surface area contributed by atoms with E-state index in [0.717, 1.165) is 13.0 Å². The van der Waals surface area contributed by atoms with E-state index >= 15 is 0 Å². The largest absolute Gasteiger partial charge is 0.326 e. The van der Waals surface area contributed by atoms with Gasteiger partial charge in [0.1, 0.15) is 0 Å². The number of likely N-dealkylation sites (tertiary alicyclic amines) is 1. The molecule has 1 fully saturated rings. The molecule has 2 rings (SSSR count). The third kappa shape index (κ3) is 3.83. The molecule has 1 aromatic rings. The minimum absolute atomic E-state index is 0.256. The summed E-state index contributed by atoms with van der Waals surface area (Å²) < 4.78 is 0. The lowest BCUT2D eigenvalue weighted by atomic mass is 9.93. The van der Waals surface area contributed by atoms with Crippen LogP contribution >= 0.6 is 0 Å². The SMILES string of the molecule is CC1(C)CCN(C[C@@H](N)Cc2ccccc2)C1. The molecular weight excluding hydrogens is 208 g/mol. The Kier molecular flexibility index (Phi) is 3.85. The Morgan fingerprint density at radius 1 is 1.29 bits per heavy atom. The van der Waals surface area contributed by atoms with E-state index in [0.29, 0.717) is 5.41 Å². The smallest absolute Gasteiger partial charge is 0.0208 e. The van der Waals surface area contributed by atoms with E-state index in [2.05, 4.69) is 49.1 Å². The van der Waals surface area contributed by atoms with Gasteiger partial charge in [0.2, 0.25) is 0 Å². The maximum Gasteiger partial charge on any atom is 0.0208 e. The molecule has 17 heavy (non-hydrogen) atoms. The molecule has 2 N–H and O–H groups in total. The Morgan fingerprint density at radius 2 is 2.00 bits per heavy atom. The van der Waals surface area contributed by atoms with Gasteiger partial charge in [0, 0.05) is 19.1 Å². The molecule has 1 aliphatic rings. The van der Waals surface area contributed by atoms with Gasteiger partial charge in [-0.2, -0.15) is 0 Å². The Bertz CT molecular complexity index is 345. The van der Waals surface area contributed by atoms with Crippen molar-refractivity contribution >= 4 is 0 Å². The normalized spacial score (nSPS) is 21.6. The minimum Gasteiger partial charge on any atom is -0.326 e. The molecule has 1 aromatic carbocycles. The zero-order valence-corrected chi connectivity index (χ0v) is 11.0. The van der Waals surface area contributed by atoms with Gasteiger partial charge in [0.25, 0.3) is 0 Å². The molecule has 1 atom stereocenters. The van der Waals surface area contributed by atoms with E-state index in [1.165, 1.54) is 25.1 Å². The summed E-state index contributed by atoms with van der Waals surface area (Å²) in [6.07, 6.45) is 2.28. The third-order valence-electron chi connectivity index (χ3n) is 3.59. The number of hydrogen-bond donors (Lipinski definition) is 1. The van der Waals surface area contributed by atoms with Gasteiger partial charge in [-0.1, -0.05) is 44.2 Å². The Morgan fingerprint density at radius 3 is 2.59 bits per heavy atom. The quantitative estimate of drug-likeness (QED) is 0.863. The van der Waals surface area contributed by atoms with Crippen LogP contribution in [0.4, 0.5) is 0 Å². The molecule has 0 radical (unpaired) electrons. The maximum absolute atomic E-state index is 6.23. The molecule has 1 saturated heterocycles. The molecule has 1 heterocycles. The molecule has 0 aliphatic carbocycles. The first kappa shape index (κ1) is 12.6. The average molecular weight is 232 g/mol. The monoisotopic (exact) mass is 232 g/mol. The first-order valence-corrected chi connectivity index (χ1v) is 6.57. The Labute approximate surface area is 105 Å². The van der Waals surface area contributed by atoms with Crippen molar-refractivity contribution in [3.05, 3.63) is 35.9 Å². The molecule has 0 bridgehead atoms. The van der Waals surface area contributed by atoms with Crippen LogP contribution in [0.3, 0.4) is 0 Å². The maximum atomic E-state index is 6.23. The van der Waals surface area contributed by atoms with Crippen LogP contribution in [0, 0.1) is 5.41 Å². The summed E-state index contributed by atoms with van der Waals surface area (Å²) in [7, 11) is 0. The van der Waals surface area contributed by atoms with Crippen molar-refractivity contribution in [2.24, 2.45) is 11.1 Å². The van der Waals surface area contributed by atoms with Crippen molar-refractivity contribution in [2.45, 2.75) is 32.7 Å². The molecule has 0 amide bonds. The van der Waals surface area contributed by atoms with Crippen molar-refractivity contribution in [3.63, 3.8) is 0 Å². The first-order chi connectivity index (χ1) is 8.05. The fraction of sp³-hybridized carbons (Fsp3) is 0.600. The molecule has 0 saturated carbocycles. The van der Waals surface area contributed by atoms with Gasteiger partial charge < -0.3 is 10.6 Å². The van der Waals surface area contributed by atoms with Crippen molar-refractivity contribution in [3.8, 4) is 0 Å².